The van der Waals surface area contributed by atoms with E-state index in [-0.39, 0.29) is 0 Å². The second-order valence-electron chi connectivity index (χ2n) is 3.74. The molecule has 0 N–H and O–H groups in total. The molecule has 1 nitrogen and oxygen atoms in total. The van der Waals surface area contributed by atoms with Crippen LogP contribution in [0.1, 0.15) is 17.5 Å². The maximum Gasteiger partial charge on any atom is 0.0398 e. The number of anilines is 1. The minimum Gasteiger partial charge on any atom is -0.371 e. The monoisotopic (exact) mass is 174 g/mol. The van der Waals surface area contributed by atoms with E-state index in [1.807, 2.05) is 0 Å². The fraction of sp³-hybridized carbons (Fsp3) is 0.417. The van der Waals surface area contributed by atoms with Gasteiger partial charge in [-0.25, -0.2) is 0 Å². The highest BCUT2D eigenvalue weighted by Gasteiger charge is 2.14. The molecule has 1 heteroatoms. The Kier molecular flexibility index (Phi) is 2.26. The van der Waals surface area contributed by atoms with Crippen LogP contribution in [0.15, 0.2) is 18.2 Å². The predicted octanol–water partition coefficient (Wildman–Crippen LogP) is 2.72. The van der Waals surface area contributed by atoms with Crippen molar-refractivity contribution in [2.45, 2.75) is 20.3 Å². The summed E-state index contributed by atoms with van der Waals surface area (Å²) in [6.07, 6.45) is 3.58. The third-order valence-corrected chi connectivity index (χ3v) is 2.87. The lowest BCUT2D eigenvalue weighted by Crippen LogP contribution is -2.18. The predicted molar refractivity (Wildman–Crippen MR) is 57.0 cm³/mol. The third-order valence-electron chi connectivity index (χ3n) is 2.87. The molecule has 0 spiro atoms. The van der Waals surface area contributed by atoms with Gasteiger partial charge in [-0.15, -0.1) is 0 Å². The van der Waals surface area contributed by atoms with Gasteiger partial charge in [-0.05, 0) is 43.9 Å². The number of hydrogen-bond acceptors (Lipinski definition) is 1. The smallest absolute Gasteiger partial charge is 0.0398 e. The van der Waals surface area contributed by atoms with Crippen molar-refractivity contribution in [2.24, 2.45) is 0 Å². The van der Waals surface area contributed by atoms with E-state index in [4.69, 9.17) is 0 Å². The second-order valence-corrected chi connectivity index (χ2v) is 3.74. The van der Waals surface area contributed by atoms with E-state index in [0.717, 1.165) is 6.54 Å². The summed E-state index contributed by atoms with van der Waals surface area (Å²) in [5.74, 6) is 0. The minimum atomic E-state index is 1.12. The van der Waals surface area contributed by atoms with Crippen molar-refractivity contribution < 1.29 is 0 Å². The van der Waals surface area contributed by atoms with Crippen LogP contribution in [0.3, 0.4) is 0 Å². The van der Waals surface area contributed by atoms with Crippen LogP contribution in [0.25, 0.3) is 0 Å². The first-order valence-electron chi connectivity index (χ1n) is 4.92. The van der Waals surface area contributed by atoms with E-state index in [2.05, 4.69) is 43.4 Å². The first-order chi connectivity index (χ1) is 6.29. The van der Waals surface area contributed by atoms with Crippen LogP contribution < -0.4 is 4.90 Å². The molecule has 0 aliphatic carbocycles. The SMILES string of the molecule is Cc1cccc(N2C[CH]CC2)c1C. The quantitative estimate of drug-likeness (QED) is 0.632. The Hall–Kier alpha value is -0.980. The molecule has 1 fully saturated rings. The molecule has 1 aromatic rings. The summed E-state index contributed by atoms with van der Waals surface area (Å²) in [6, 6.07) is 6.55. The van der Waals surface area contributed by atoms with Gasteiger partial charge >= 0.3 is 0 Å². The number of hydrogen-bond donors (Lipinski definition) is 0. The summed E-state index contributed by atoms with van der Waals surface area (Å²) in [6.45, 7) is 6.69. The van der Waals surface area contributed by atoms with E-state index in [1.165, 1.54) is 29.8 Å². The molecule has 0 saturated carbocycles. The standard InChI is InChI=1S/C12H16N/c1-10-6-5-7-12(11(10)2)13-8-3-4-9-13/h3,5-7H,4,8-9H2,1-2H3. The molecule has 0 unspecified atom stereocenters. The van der Waals surface area contributed by atoms with E-state index >= 15 is 0 Å². The van der Waals surface area contributed by atoms with Gasteiger partial charge in [0, 0.05) is 18.8 Å². The Morgan fingerprint density at radius 3 is 2.77 bits per heavy atom. The van der Waals surface area contributed by atoms with Crippen molar-refractivity contribution >= 4 is 5.69 Å². The third kappa shape index (κ3) is 1.55. The van der Waals surface area contributed by atoms with Gasteiger partial charge in [-0.2, -0.15) is 0 Å². The summed E-state index contributed by atoms with van der Waals surface area (Å²) in [4.78, 5) is 2.45. The molecular formula is C12H16N. The Morgan fingerprint density at radius 1 is 1.23 bits per heavy atom. The Labute approximate surface area is 80.4 Å². The summed E-state index contributed by atoms with van der Waals surface area (Å²) < 4.78 is 0. The highest BCUT2D eigenvalue weighted by atomic mass is 15.1. The zero-order chi connectivity index (χ0) is 9.26. The molecule has 0 atom stereocenters. The number of nitrogens with zero attached hydrogens (tertiary/aromatic N) is 1. The number of aryl methyl sites for hydroxylation is 1. The number of rotatable bonds is 1. The fourth-order valence-corrected chi connectivity index (χ4v) is 1.88. The highest BCUT2D eigenvalue weighted by molar-refractivity contribution is 5.56. The van der Waals surface area contributed by atoms with E-state index < -0.39 is 0 Å². The summed E-state index contributed by atoms with van der Waals surface area (Å²) in [7, 11) is 0. The summed E-state index contributed by atoms with van der Waals surface area (Å²) in [5, 5.41) is 0. The number of benzene rings is 1. The maximum absolute atomic E-state index is 2.45. The molecule has 69 valence electrons. The van der Waals surface area contributed by atoms with Crippen molar-refractivity contribution in [3.63, 3.8) is 0 Å². The van der Waals surface area contributed by atoms with Crippen LogP contribution in [0.2, 0.25) is 0 Å². The second kappa shape index (κ2) is 3.41. The maximum atomic E-state index is 2.45. The molecule has 2 rings (SSSR count). The van der Waals surface area contributed by atoms with E-state index in [1.54, 1.807) is 0 Å². The van der Waals surface area contributed by atoms with Crippen LogP contribution >= 0.6 is 0 Å². The molecule has 1 heterocycles. The van der Waals surface area contributed by atoms with Gasteiger partial charge in [0.15, 0.2) is 0 Å². The zero-order valence-electron chi connectivity index (χ0n) is 8.38. The molecule has 1 aromatic carbocycles. The zero-order valence-corrected chi connectivity index (χ0v) is 8.38. The van der Waals surface area contributed by atoms with Crippen molar-refractivity contribution in [3.8, 4) is 0 Å². The van der Waals surface area contributed by atoms with Crippen LogP contribution in [-0.4, -0.2) is 13.1 Å². The molecule has 1 radical (unpaired) electrons. The van der Waals surface area contributed by atoms with E-state index in [9.17, 15) is 0 Å². The Bertz CT molecular complexity index is 298. The molecule has 1 aliphatic rings. The minimum absolute atomic E-state index is 1.12. The largest absolute Gasteiger partial charge is 0.371 e. The summed E-state index contributed by atoms with van der Waals surface area (Å²) in [5.41, 5.74) is 4.23. The highest BCUT2D eigenvalue weighted by Crippen LogP contribution is 2.25. The molecule has 0 amide bonds. The van der Waals surface area contributed by atoms with Crippen molar-refractivity contribution in [2.75, 3.05) is 18.0 Å². The Balaban J connectivity index is 2.33. The Morgan fingerprint density at radius 2 is 2.08 bits per heavy atom. The van der Waals surface area contributed by atoms with Crippen LogP contribution in [0.5, 0.6) is 0 Å². The molecule has 13 heavy (non-hydrogen) atoms. The van der Waals surface area contributed by atoms with Gasteiger partial charge in [-0.3, -0.25) is 0 Å². The molecule has 0 aromatic heterocycles. The van der Waals surface area contributed by atoms with Gasteiger partial charge in [0.25, 0.3) is 0 Å². The van der Waals surface area contributed by atoms with Gasteiger partial charge in [0.1, 0.15) is 0 Å². The van der Waals surface area contributed by atoms with Crippen LogP contribution in [-0.2, 0) is 0 Å². The van der Waals surface area contributed by atoms with Crippen LogP contribution in [0, 0.1) is 20.3 Å². The lowest BCUT2D eigenvalue weighted by Gasteiger charge is -2.20. The molecular weight excluding hydrogens is 158 g/mol. The van der Waals surface area contributed by atoms with E-state index in [0.29, 0.717) is 0 Å². The molecule has 1 saturated heterocycles. The van der Waals surface area contributed by atoms with Gasteiger partial charge < -0.3 is 4.90 Å². The molecule has 1 aliphatic heterocycles. The first-order valence-corrected chi connectivity index (χ1v) is 4.92. The summed E-state index contributed by atoms with van der Waals surface area (Å²) >= 11 is 0. The lowest BCUT2D eigenvalue weighted by molar-refractivity contribution is 0.959. The van der Waals surface area contributed by atoms with Crippen LogP contribution in [0.4, 0.5) is 5.69 Å². The average molecular weight is 174 g/mol. The van der Waals surface area contributed by atoms with Crippen molar-refractivity contribution in [1.82, 2.24) is 0 Å². The molecule has 0 bridgehead atoms. The van der Waals surface area contributed by atoms with Crippen molar-refractivity contribution in [3.05, 3.63) is 35.7 Å². The van der Waals surface area contributed by atoms with Gasteiger partial charge in [-0.1, -0.05) is 12.1 Å². The first kappa shape index (κ1) is 8.61. The fourth-order valence-electron chi connectivity index (χ4n) is 1.88. The lowest BCUT2D eigenvalue weighted by atomic mass is 10.1. The normalized spacial score (nSPS) is 16.6. The average Bonchev–Trinajstić information content (AvgIpc) is 2.62. The van der Waals surface area contributed by atoms with Crippen molar-refractivity contribution in [1.29, 1.82) is 0 Å². The topological polar surface area (TPSA) is 3.24 Å². The van der Waals surface area contributed by atoms with Gasteiger partial charge in [0.2, 0.25) is 0 Å². The van der Waals surface area contributed by atoms with Gasteiger partial charge in [0.05, 0.1) is 0 Å².